The van der Waals surface area contributed by atoms with Gasteiger partial charge in [0.2, 0.25) is 0 Å². The number of aliphatic hydroxyl groups excluding tert-OH is 3. The molecule has 0 saturated heterocycles. The third-order valence-electron chi connectivity index (χ3n) is 0.945. The van der Waals surface area contributed by atoms with Gasteiger partial charge >= 0.3 is 0 Å². The van der Waals surface area contributed by atoms with Crippen molar-refractivity contribution in [2.45, 2.75) is 5.54 Å². The van der Waals surface area contributed by atoms with E-state index >= 15 is 0 Å². The zero-order valence-electron chi connectivity index (χ0n) is 8.99. The Bertz CT molecular complexity index is 105. The number of aliphatic hydroxyl groups is 3. The maximum Gasteiger partial charge on any atom is 0.0856 e. The molecule has 0 unspecified atom stereocenters. The molecule has 0 aromatic rings. The van der Waals surface area contributed by atoms with E-state index in [0.717, 1.165) is 4.48 Å². The lowest BCUT2D eigenvalue weighted by molar-refractivity contribution is -0.849. The predicted octanol–water partition coefficient (Wildman–Crippen LogP) is -2.02. The van der Waals surface area contributed by atoms with Crippen molar-refractivity contribution in [3.8, 4) is 0 Å². The zero-order chi connectivity index (χ0) is 11.1. The molecule has 0 amide bonds. The third-order valence-corrected chi connectivity index (χ3v) is 0.945. The first kappa shape index (κ1) is 15.3. The Morgan fingerprint density at radius 1 is 0.923 bits per heavy atom. The molecule has 5 nitrogen and oxygen atoms in total. The van der Waals surface area contributed by atoms with Crippen LogP contribution in [0.15, 0.2) is 0 Å². The Kier molecular flexibility index (Phi) is 7.39. The summed E-state index contributed by atoms with van der Waals surface area (Å²) in [5, 5.41) is 25.0. The molecule has 82 valence electrons. The minimum absolute atomic E-state index is 0.403. The van der Waals surface area contributed by atoms with Gasteiger partial charge in [-0.05, 0) is 0 Å². The molecule has 5 N–H and O–H groups in total. The Labute approximate surface area is 80.0 Å². The monoisotopic (exact) mass is 195 g/mol. The van der Waals surface area contributed by atoms with Crippen LogP contribution in [0.4, 0.5) is 0 Å². The van der Waals surface area contributed by atoms with E-state index in [0.29, 0.717) is 0 Å². The van der Waals surface area contributed by atoms with Crippen molar-refractivity contribution >= 4 is 0 Å². The summed E-state index contributed by atoms with van der Waals surface area (Å²) in [6.07, 6.45) is 0. The van der Waals surface area contributed by atoms with Crippen molar-refractivity contribution in [3.05, 3.63) is 0 Å². The van der Waals surface area contributed by atoms with Crippen LogP contribution in [-0.2, 0) is 0 Å². The quantitative estimate of drug-likeness (QED) is 0.392. The van der Waals surface area contributed by atoms with Crippen molar-refractivity contribution in [1.29, 1.82) is 0 Å². The second kappa shape index (κ2) is 6.28. The summed E-state index contributed by atoms with van der Waals surface area (Å²) in [5.74, 6) is 0. The molecule has 0 radical (unpaired) electrons. The fraction of sp³-hybridized carbons (Fsp3) is 1.00. The van der Waals surface area contributed by atoms with E-state index in [4.69, 9.17) is 21.1 Å². The highest BCUT2D eigenvalue weighted by Gasteiger charge is 2.20. The number of nitrogens with zero attached hydrogens (tertiary/aromatic N) is 1. The maximum absolute atomic E-state index is 8.34. The standard InChI is InChI=1S/C4H11NO3.C4H12N/c5-4(1-6,2-7)3-8;1-5(2,3)4/h6-8H,1-3,5H2;1-4H3/q;+1. The lowest BCUT2D eigenvalue weighted by Crippen LogP contribution is -2.50. The van der Waals surface area contributed by atoms with E-state index in [1.807, 2.05) is 0 Å². The summed E-state index contributed by atoms with van der Waals surface area (Å²) >= 11 is 0. The highest BCUT2D eigenvalue weighted by molar-refractivity contribution is 4.80. The number of rotatable bonds is 3. The zero-order valence-corrected chi connectivity index (χ0v) is 8.99. The van der Waals surface area contributed by atoms with E-state index in [-0.39, 0.29) is 0 Å². The normalized spacial score (nSPS) is 12.0. The van der Waals surface area contributed by atoms with Crippen LogP contribution in [0.25, 0.3) is 0 Å². The molecular formula is C8H23N2O3+. The average Bonchev–Trinajstić information content (AvgIpc) is 2.00. The lowest BCUT2D eigenvalue weighted by atomic mass is 10.1. The van der Waals surface area contributed by atoms with Gasteiger partial charge in [0.1, 0.15) is 0 Å². The van der Waals surface area contributed by atoms with Crippen molar-refractivity contribution < 1.29 is 19.8 Å². The molecule has 5 heteroatoms. The molecule has 0 bridgehead atoms. The topological polar surface area (TPSA) is 86.7 Å². The molecule has 0 fully saturated rings. The van der Waals surface area contributed by atoms with Crippen LogP contribution in [0.1, 0.15) is 0 Å². The molecule has 0 aliphatic heterocycles. The predicted molar refractivity (Wildman–Crippen MR) is 52.1 cm³/mol. The number of hydrogen-bond donors (Lipinski definition) is 4. The van der Waals surface area contributed by atoms with Gasteiger partial charge in [0, 0.05) is 0 Å². The van der Waals surface area contributed by atoms with E-state index in [1.54, 1.807) is 0 Å². The summed E-state index contributed by atoms with van der Waals surface area (Å²) in [7, 11) is 8.50. The van der Waals surface area contributed by atoms with Crippen LogP contribution in [0.5, 0.6) is 0 Å². The fourth-order valence-electron chi connectivity index (χ4n) is 0.150. The van der Waals surface area contributed by atoms with Gasteiger partial charge in [-0.3, -0.25) is 0 Å². The van der Waals surface area contributed by atoms with Crippen molar-refractivity contribution in [1.82, 2.24) is 0 Å². The highest BCUT2D eigenvalue weighted by atomic mass is 16.3. The number of quaternary nitrogens is 1. The number of nitrogens with two attached hydrogens (primary N) is 1. The van der Waals surface area contributed by atoms with Crippen molar-refractivity contribution in [3.63, 3.8) is 0 Å². The highest BCUT2D eigenvalue weighted by Crippen LogP contribution is 1.93. The first-order valence-electron chi connectivity index (χ1n) is 4.09. The first-order chi connectivity index (χ1) is 5.68. The smallest absolute Gasteiger partial charge is 0.0856 e. The average molecular weight is 195 g/mol. The molecule has 13 heavy (non-hydrogen) atoms. The molecule has 0 atom stereocenters. The molecule has 0 heterocycles. The molecule has 0 aliphatic rings. The summed E-state index contributed by atoms with van der Waals surface area (Å²) in [6, 6.07) is 0. The van der Waals surface area contributed by atoms with Crippen LogP contribution in [-0.4, -0.2) is 73.4 Å². The van der Waals surface area contributed by atoms with Gasteiger partial charge in [-0.2, -0.15) is 0 Å². The summed E-state index contributed by atoms with van der Waals surface area (Å²) in [5.41, 5.74) is 3.94. The molecule has 0 spiro atoms. The lowest BCUT2D eigenvalue weighted by Gasteiger charge is -2.20. The molecule has 0 aromatic carbocycles. The SMILES string of the molecule is C[N+](C)(C)C.NC(CO)(CO)CO. The summed E-state index contributed by atoms with van der Waals surface area (Å²) in [4.78, 5) is 0. The Morgan fingerprint density at radius 2 is 1.08 bits per heavy atom. The Morgan fingerprint density at radius 3 is 1.08 bits per heavy atom. The first-order valence-corrected chi connectivity index (χ1v) is 4.09. The van der Waals surface area contributed by atoms with Gasteiger partial charge < -0.3 is 25.5 Å². The second-order valence-corrected chi connectivity index (χ2v) is 4.52. The van der Waals surface area contributed by atoms with Crippen LogP contribution >= 0.6 is 0 Å². The van der Waals surface area contributed by atoms with Gasteiger partial charge in [-0.25, -0.2) is 0 Å². The third kappa shape index (κ3) is 14.6. The van der Waals surface area contributed by atoms with E-state index in [2.05, 4.69) is 28.2 Å². The van der Waals surface area contributed by atoms with E-state index in [9.17, 15) is 0 Å². The van der Waals surface area contributed by atoms with Crippen molar-refractivity contribution in [2.24, 2.45) is 5.73 Å². The minimum Gasteiger partial charge on any atom is -0.394 e. The van der Waals surface area contributed by atoms with Gasteiger partial charge in [-0.1, -0.05) is 0 Å². The van der Waals surface area contributed by atoms with Crippen LogP contribution < -0.4 is 5.73 Å². The van der Waals surface area contributed by atoms with Gasteiger partial charge in [0.25, 0.3) is 0 Å². The molecular weight excluding hydrogens is 172 g/mol. The fourth-order valence-corrected chi connectivity index (χ4v) is 0.150. The van der Waals surface area contributed by atoms with Crippen LogP contribution in [0, 0.1) is 0 Å². The number of hydrogen-bond acceptors (Lipinski definition) is 4. The maximum atomic E-state index is 8.34. The van der Waals surface area contributed by atoms with E-state index in [1.165, 1.54) is 0 Å². The Hall–Kier alpha value is -0.200. The molecule has 0 rings (SSSR count). The van der Waals surface area contributed by atoms with Crippen molar-refractivity contribution in [2.75, 3.05) is 48.0 Å². The van der Waals surface area contributed by atoms with Gasteiger partial charge in [0.05, 0.1) is 53.6 Å². The van der Waals surface area contributed by atoms with E-state index < -0.39 is 25.4 Å². The van der Waals surface area contributed by atoms with Crippen LogP contribution in [0.3, 0.4) is 0 Å². The molecule has 0 aliphatic carbocycles. The summed E-state index contributed by atoms with van der Waals surface area (Å²) < 4.78 is 1.00. The minimum atomic E-state index is -1.21. The van der Waals surface area contributed by atoms with Gasteiger partial charge in [0.15, 0.2) is 0 Å². The van der Waals surface area contributed by atoms with Crippen LogP contribution in [0.2, 0.25) is 0 Å². The largest absolute Gasteiger partial charge is 0.394 e. The molecule has 0 saturated carbocycles. The molecule has 0 aromatic heterocycles. The second-order valence-electron chi connectivity index (χ2n) is 4.52. The van der Waals surface area contributed by atoms with Gasteiger partial charge in [-0.15, -0.1) is 0 Å². The Balaban J connectivity index is 0. The summed E-state index contributed by atoms with van der Waals surface area (Å²) in [6.45, 7) is -1.21.